The number of nitrogens with one attached hydrogen (secondary N) is 2. The molecule has 1 aliphatic rings. The van der Waals surface area contributed by atoms with E-state index < -0.39 is 6.04 Å². The van der Waals surface area contributed by atoms with Gasteiger partial charge in [0.05, 0.1) is 17.5 Å². The van der Waals surface area contributed by atoms with Gasteiger partial charge in [-0.2, -0.15) is 4.98 Å². The van der Waals surface area contributed by atoms with Crippen LogP contribution < -0.4 is 10.6 Å². The zero-order chi connectivity index (χ0) is 22.9. The Morgan fingerprint density at radius 3 is 2.64 bits per heavy atom. The van der Waals surface area contributed by atoms with Crippen molar-refractivity contribution in [3.05, 3.63) is 100 Å². The first-order valence-electron chi connectivity index (χ1n) is 10.5. The van der Waals surface area contributed by atoms with Crippen LogP contribution in [0.15, 0.2) is 84.3 Å². The zero-order valence-corrected chi connectivity index (χ0v) is 18.8. The summed E-state index contributed by atoms with van der Waals surface area (Å²) in [5.41, 5.74) is 4.75. The molecule has 0 fully saturated rings. The molecule has 7 nitrogen and oxygen atoms in total. The molecule has 4 aromatic rings. The van der Waals surface area contributed by atoms with E-state index in [0.29, 0.717) is 33.8 Å². The Labute approximate surface area is 196 Å². The maximum atomic E-state index is 13.4. The maximum absolute atomic E-state index is 13.4. The lowest BCUT2D eigenvalue weighted by Gasteiger charge is -2.28. The second kappa shape index (κ2) is 8.52. The minimum Gasteiger partial charge on any atom is -0.328 e. The fraction of sp³-hybridized carbons (Fsp3) is 0.120. The van der Waals surface area contributed by atoms with E-state index in [1.807, 2.05) is 62.4 Å². The number of aryl methyl sites for hydroxylation is 1. The van der Waals surface area contributed by atoms with Gasteiger partial charge in [0, 0.05) is 22.5 Å². The van der Waals surface area contributed by atoms with E-state index in [0.717, 1.165) is 16.7 Å². The van der Waals surface area contributed by atoms with E-state index in [1.54, 1.807) is 29.2 Å². The van der Waals surface area contributed by atoms with Crippen LogP contribution >= 0.6 is 11.6 Å². The number of carbonyl (C=O) groups excluding carboxylic acids is 1. The number of carbonyl (C=O) groups is 1. The quantitative estimate of drug-likeness (QED) is 0.439. The summed E-state index contributed by atoms with van der Waals surface area (Å²) >= 11 is 6.14. The third-order valence-electron chi connectivity index (χ3n) is 5.48. The minimum atomic E-state index is -0.485. The van der Waals surface area contributed by atoms with Crippen molar-refractivity contribution in [1.29, 1.82) is 0 Å². The van der Waals surface area contributed by atoms with Gasteiger partial charge in [-0.05, 0) is 49.7 Å². The van der Waals surface area contributed by atoms with Crippen molar-refractivity contribution < 1.29 is 4.79 Å². The lowest BCUT2D eigenvalue weighted by atomic mass is 9.95. The number of allylic oxidation sites excluding steroid dienone is 1. The average molecular weight is 457 g/mol. The summed E-state index contributed by atoms with van der Waals surface area (Å²) in [6.07, 6.45) is 3.27. The Morgan fingerprint density at radius 2 is 1.91 bits per heavy atom. The second-order valence-corrected chi connectivity index (χ2v) is 8.32. The fourth-order valence-electron chi connectivity index (χ4n) is 3.94. The lowest BCUT2D eigenvalue weighted by molar-refractivity contribution is -0.113. The number of pyridine rings is 1. The van der Waals surface area contributed by atoms with E-state index in [1.165, 1.54) is 0 Å². The van der Waals surface area contributed by atoms with Crippen LogP contribution in [-0.2, 0) is 4.79 Å². The summed E-state index contributed by atoms with van der Waals surface area (Å²) < 4.78 is 1.76. The molecule has 0 saturated carbocycles. The Bertz CT molecular complexity index is 1360. The molecule has 3 heterocycles. The molecule has 0 radical (unpaired) electrons. The molecule has 0 bridgehead atoms. The zero-order valence-electron chi connectivity index (χ0n) is 18.1. The highest BCUT2D eigenvalue weighted by atomic mass is 35.5. The Morgan fingerprint density at radius 1 is 1.09 bits per heavy atom. The molecule has 33 heavy (non-hydrogen) atoms. The number of halogens is 1. The number of hydrogen-bond acceptors (Lipinski definition) is 5. The van der Waals surface area contributed by atoms with Crippen molar-refractivity contribution >= 4 is 29.1 Å². The van der Waals surface area contributed by atoms with Gasteiger partial charge in [0.25, 0.3) is 5.91 Å². The number of fused-ring (bicyclic) bond motifs is 1. The van der Waals surface area contributed by atoms with Crippen molar-refractivity contribution in [2.45, 2.75) is 19.9 Å². The van der Waals surface area contributed by atoms with Crippen LogP contribution in [0.2, 0.25) is 5.02 Å². The van der Waals surface area contributed by atoms with Crippen LogP contribution in [-0.4, -0.2) is 25.7 Å². The molecule has 0 spiro atoms. The Hall–Kier alpha value is -3.97. The van der Waals surface area contributed by atoms with Gasteiger partial charge < -0.3 is 10.6 Å². The normalized spacial score (nSPS) is 15.1. The van der Waals surface area contributed by atoms with Crippen molar-refractivity contribution in [3.8, 4) is 11.4 Å². The first-order chi connectivity index (χ1) is 16.0. The predicted molar refractivity (Wildman–Crippen MR) is 129 cm³/mol. The largest absolute Gasteiger partial charge is 0.328 e. The number of nitrogens with zero attached hydrogens (tertiary/aromatic N) is 4. The average Bonchev–Trinajstić information content (AvgIpc) is 3.23. The van der Waals surface area contributed by atoms with E-state index in [4.69, 9.17) is 21.7 Å². The van der Waals surface area contributed by atoms with Crippen LogP contribution in [0.5, 0.6) is 0 Å². The summed E-state index contributed by atoms with van der Waals surface area (Å²) in [6, 6.07) is 18.5. The molecule has 5 rings (SSSR count). The van der Waals surface area contributed by atoms with E-state index in [9.17, 15) is 4.79 Å². The van der Waals surface area contributed by atoms with Crippen LogP contribution in [0.4, 0.5) is 11.6 Å². The topological polar surface area (TPSA) is 84.7 Å². The standard InChI is InChI=1S/C25H21ClN6O/c1-15-5-3-6-18(13-15)23-30-25-28-16(2)21(24(33)29-20-7-4-12-27-14-20)22(32(25)31-23)17-8-10-19(26)11-9-17/h3-14,22H,1-2H3,(H,29,33)(H,28,30,31)/t22-/m0/s1. The molecule has 2 aromatic heterocycles. The van der Waals surface area contributed by atoms with E-state index >= 15 is 0 Å². The molecule has 2 aromatic carbocycles. The molecular formula is C25H21ClN6O. The number of benzene rings is 2. The van der Waals surface area contributed by atoms with Crippen molar-refractivity contribution in [2.75, 3.05) is 10.6 Å². The molecule has 1 amide bonds. The SMILES string of the molecule is CC1=C(C(=O)Nc2cccnc2)[C@H](c2ccc(Cl)cc2)n2nc(-c3cccc(C)c3)nc2N1. The van der Waals surface area contributed by atoms with Gasteiger partial charge in [-0.3, -0.25) is 9.78 Å². The molecule has 8 heteroatoms. The number of hydrogen-bond donors (Lipinski definition) is 2. The summed E-state index contributed by atoms with van der Waals surface area (Å²) in [5, 5.41) is 11.6. The van der Waals surface area contributed by atoms with Gasteiger partial charge in [0.2, 0.25) is 5.95 Å². The van der Waals surface area contributed by atoms with E-state index in [-0.39, 0.29) is 5.91 Å². The number of aromatic nitrogens is 4. The second-order valence-electron chi connectivity index (χ2n) is 7.89. The summed E-state index contributed by atoms with van der Waals surface area (Å²) in [6.45, 7) is 3.90. The van der Waals surface area contributed by atoms with Gasteiger partial charge in [0.15, 0.2) is 5.82 Å². The number of rotatable bonds is 4. The third-order valence-corrected chi connectivity index (χ3v) is 5.73. The van der Waals surface area contributed by atoms with Crippen LogP contribution in [0.25, 0.3) is 11.4 Å². The molecule has 164 valence electrons. The lowest BCUT2D eigenvalue weighted by Crippen LogP contribution is -2.31. The highest BCUT2D eigenvalue weighted by Gasteiger charge is 2.34. The van der Waals surface area contributed by atoms with Crippen LogP contribution in [0, 0.1) is 6.92 Å². The van der Waals surface area contributed by atoms with E-state index in [2.05, 4.69) is 15.6 Å². The van der Waals surface area contributed by atoms with Gasteiger partial charge in [0.1, 0.15) is 6.04 Å². The van der Waals surface area contributed by atoms with Crippen molar-refractivity contribution in [1.82, 2.24) is 19.7 Å². The fourth-order valence-corrected chi connectivity index (χ4v) is 4.07. The Balaban J connectivity index is 1.61. The van der Waals surface area contributed by atoms with Crippen molar-refractivity contribution in [2.24, 2.45) is 0 Å². The molecule has 0 unspecified atom stereocenters. The molecular weight excluding hydrogens is 436 g/mol. The molecule has 0 aliphatic carbocycles. The smallest absolute Gasteiger partial charge is 0.255 e. The maximum Gasteiger partial charge on any atom is 0.255 e. The van der Waals surface area contributed by atoms with Crippen LogP contribution in [0.1, 0.15) is 24.1 Å². The van der Waals surface area contributed by atoms with Crippen LogP contribution in [0.3, 0.4) is 0 Å². The first kappa shape index (κ1) is 20.9. The predicted octanol–water partition coefficient (Wildman–Crippen LogP) is 5.23. The number of amides is 1. The summed E-state index contributed by atoms with van der Waals surface area (Å²) in [5.74, 6) is 0.912. The summed E-state index contributed by atoms with van der Waals surface area (Å²) in [7, 11) is 0. The van der Waals surface area contributed by atoms with Gasteiger partial charge >= 0.3 is 0 Å². The van der Waals surface area contributed by atoms with Gasteiger partial charge in [-0.25, -0.2) is 4.68 Å². The molecule has 1 aliphatic heterocycles. The summed E-state index contributed by atoms with van der Waals surface area (Å²) in [4.78, 5) is 22.2. The van der Waals surface area contributed by atoms with Gasteiger partial charge in [-0.1, -0.05) is 47.5 Å². The highest BCUT2D eigenvalue weighted by molar-refractivity contribution is 6.30. The molecule has 1 atom stereocenters. The van der Waals surface area contributed by atoms with Gasteiger partial charge in [-0.15, -0.1) is 5.10 Å². The number of anilines is 2. The molecule has 2 N–H and O–H groups in total. The minimum absolute atomic E-state index is 0.244. The van der Waals surface area contributed by atoms with Crippen molar-refractivity contribution in [3.63, 3.8) is 0 Å². The highest BCUT2D eigenvalue weighted by Crippen LogP contribution is 2.37. The molecule has 0 saturated heterocycles. The monoisotopic (exact) mass is 456 g/mol. The Kier molecular flexibility index (Phi) is 5.40. The third kappa shape index (κ3) is 4.10. The first-order valence-corrected chi connectivity index (χ1v) is 10.9.